The van der Waals surface area contributed by atoms with Crippen molar-refractivity contribution in [1.29, 1.82) is 0 Å². The van der Waals surface area contributed by atoms with Gasteiger partial charge in [-0.15, -0.1) is 0 Å². The van der Waals surface area contributed by atoms with E-state index in [0.29, 0.717) is 5.76 Å². The smallest absolute Gasteiger partial charge is 0.345 e. The molecular weight excluding hydrogens is 292 g/mol. The Bertz CT molecular complexity index is 851. The van der Waals surface area contributed by atoms with E-state index < -0.39 is 11.4 Å². The molecule has 4 nitrogen and oxygen atoms in total. The predicted molar refractivity (Wildman–Crippen MR) is 86.0 cm³/mol. The number of carbonyl (C=O) groups is 1. The summed E-state index contributed by atoms with van der Waals surface area (Å²) in [6.07, 6.45) is 1.15. The Morgan fingerprint density at radius 2 is 1.61 bits per heavy atom. The van der Waals surface area contributed by atoms with Gasteiger partial charge in [0.15, 0.2) is 5.43 Å². The van der Waals surface area contributed by atoms with Crippen molar-refractivity contribution in [2.24, 2.45) is 0 Å². The molecule has 0 aliphatic rings. The van der Waals surface area contributed by atoms with Crippen LogP contribution in [0.15, 0.2) is 82.2 Å². The van der Waals surface area contributed by atoms with Crippen molar-refractivity contribution in [2.75, 3.05) is 0 Å². The maximum atomic E-state index is 12.1. The third kappa shape index (κ3) is 3.55. The molecule has 114 valence electrons. The summed E-state index contributed by atoms with van der Waals surface area (Å²) in [6, 6.07) is 19.8. The SMILES string of the molecule is O=C(OCc1ccccc1)c1coc(-c2ccccc2)cc1=O. The van der Waals surface area contributed by atoms with E-state index in [-0.39, 0.29) is 12.2 Å². The second kappa shape index (κ2) is 6.75. The Balaban J connectivity index is 1.75. The van der Waals surface area contributed by atoms with E-state index in [9.17, 15) is 9.59 Å². The highest BCUT2D eigenvalue weighted by Crippen LogP contribution is 2.17. The molecule has 3 aromatic rings. The Hall–Kier alpha value is -3.14. The lowest BCUT2D eigenvalue weighted by molar-refractivity contribution is 0.0468. The lowest BCUT2D eigenvalue weighted by Crippen LogP contribution is -2.16. The van der Waals surface area contributed by atoms with Gasteiger partial charge in [0.25, 0.3) is 0 Å². The quantitative estimate of drug-likeness (QED) is 0.690. The summed E-state index contributed by atoms with van der Waals surface area (Å²) in [5.41, 5.74) is 1.09. The first-order valence-corrected chi connectivity index (χ1v) is 7.13. The first kappa shape index (κ1) is 14.8. The number of benzene rings is 2. The van der Waals surface area contributed by atoms with Crippen molar-refractivity contribution in [3.05, 3.63) is 94.3 Å². The molecule has 0 N–H and O–H groups in total. The minimum Gasteiger partial charge on any atom is -0.463 e. The molecule has 1 aromatic heterocycles. The molecule has 1 heterocycles. The molecule has 0 unspecified atom stereocenters. The van der Waals surface area contributed by atoms with Crippen LogP contribution in [0, 0.1) is 0 Å². The van der Waals surface area contributed by atoms with Crippen LogP contribution in [0.4, 0.5) is 0 Å². The number of hydrogen-bond acceptors (Lipinski definition) is 4. The molecule has 0 spiro atoms. The van der Waals surface area contributed by atoms with Gasteiger partial charge >= 0.3 is 5.97 Å². The summed E-state index contributed by atoms with van der Waals surface area (Å²) in [6.45, 7) is 0.111. The number of esters is 1. The number of carbonyl (C=O) groups excluding carboxylic acids is 1. The van der Waals surface area contributed by atoms with Gasteiger partial charge in [-0.1, -0.05) is 60.7 Å². The molecule has 4 heteroatoms. The fourth-order valence-corrected chi connectivity index (χ4v) is 2.11. The van der Waals surface area contributed by atoms with Crippen molar-refractivity contribution >= 4 is 5.97 Å². The van der Waals surface area contributed by atoms with E-state index in [2.05, 4.69) is 0 Å². The Morgan fingerprint density at radius 3 is 2.26 bits per heavy atom. The van der Waals surface area contributed by atoms with Crippen LogP contribution in [-0.2, 0) is 11.3 Å². The highest BCUT2D eigenvalue weighted by molar-refractivity contribution is 5.89. The first-order chi connectivity index (χ1) is 11.2. The van der Waals surface area contributed by atoms with E-state index in [1.165, 1.54) is 6.07 Å². The normalized spacial score (nSPS) is 10.3. The molecule has 0 amide bonds. The second-order valence-corrected chi connectivity index (χ2v) is 4.95. The molecular formula is C19H14O4. The van der Waals surface area contributed by atoms with Crippen molar-refractivity contribution in [3.63, 3.8) is 0 Å². The molecule has 0 aliphatic carbocycles. The van der Waals surface area contributed by atoms with Crippen molar-refractivity contribution in [3.8, 4) is 11.3 Å². The lowest BCUT2D eigenvalue weighted by Gasteiger charge is -2.05. The minimum absolute atomic E-state index is 0.111. The average molecular weight is 306 g/mol. The zero-order valence-corrected chi connectivity index (χ0v) is 12.3. The van der Waals surface area contributed by atoms with Crippen LogP contribution in [-0.4, -0.2) is 5.97 Å². The van der Waals surface area contributed by atoms with Gasteiger partial charge in [-0.05, 0) is 5.56 Å². The summed E-state index contributed by atoms with van der Waals surface area (Å²) in [5, 5.41) is 0. The highest BCUT2D eigenvalue weighted by Gasteiger charge is 2.14. The zero-order valence-electron chi connectivity index (χ0n) is 12.3. The third-order valence-electron chi connectivity index (χ3n) is 3.32. The van der Waals surface area contributed by atoms with Gasteiger partial charge in [-0.3, -0.25) is 4.79 Å². The van der Waals surface area contributed by atoms with Gasteiger partial charge in [-0.2, -0.15) is 0 Å². The van der Waals surface area contributed by atoms with E-state index in [1.807, 2.05) is 60.7 Å². The molecule has 2 aromatic carbocycles. The zero-order chi connectivity index (χ0) is 16.1. The molecule has 0 bridgehead atoms. The maximum Gasteiger partial charge on any atom is 0.345 e. The summed E-state index contributed by atoms with van der Waals surface area (Å²) in [5.74, 6) is -0.280. The van der Waals surface area contributed by atoms with Crippen LogP contribution >= 0.6 is 0 Å². The number of ether oxygens (including phenoxy) is 1. The van der Waals surface area contributed by atoms with Crippen LogP contribution in [0.5, 0.6) is 0 Å². The summed E-state index contributed by atoms with van der Waals surface area (Å²) >= 11 is 0. The first-order valence-electron chi connectivity index (χ1n) is 7.13. The monoisotopic (exact) mass is 306 g/mol. The summed E-state index contributed by atoms with van der Waals surface area (Å²) < 4.78 is 10.5. The molecule has 0 aliphatic heterocycles. The fourth-order valence-electron chi connectivity index (χ4n) is 2.11. The van der Waals surface area contributed by atoms with Crippen molar-refractivity contribution < 1.29 is 13.9 Å². The van der Waals surface area contributed by atoms with Gasteiger partial charge in [0, 0.05) is 11.6 Å². The summed E-state index contributed by atoms with van der Waals surface area (Å²) in [7, 11) is 0. The van der Waals surface area contributed by atoms with Crippen LogP contribution in [0.1, 0.15) is 15.9 Å². The van der Waals surface area contributed by atoms with Gasteiger partial charge < -0.3 is 9.15 Å². The number of hydrogen-bond donors (Lipinski definition) is 0. The Kier molecular flexibility index (Phi) is 4.34. The maximum absolute atomic E-state index is 12.1. The van der Waals surface area contributed by atoms with Crippen LogP contribution in [0.2, 0.25) is 0 Å². The van der Waals surface area contributed by atoms with Gasteiger partial charge in [-0.25, -0.2) is 4.79 Å². The van der Waals surface area contributed by atoms with E-state index >= 15 is 0 Å². The van der Waals surface area contributed by atoms with Gasteiger partial charge in [0.2, 0.25) is 0 Å². The lowest BCUT2D eigenvalue weighted by atomic mass is 10.1. The molecule has 0 radical (unpaired) electrons. The topological polar surface area (TPSA) is 56.5 Å². The molecule has 0 saturated heterocycles. The van der Waals surface area contributed by atoms with Crippen LogP contribution < -0.4 is 5.43 Å². The van der Waals surface area contributed by atoms with Crippen molar-refractivity contribution in [1.82, 2.24) is 0 Å². The fraction of sp³-hybridized carbons (Fsp3) is 0.0526. The molecule has 0 fully saturated rings. The van der Waals surface area contributed by atoms with E-state index in [0.717, 1.165) is 17.4 Å². The highest BCUT2D eigenvalue weighted by atomic mass is 16.5. The average Bonchev–Trinajstić information content (AvgIpc) is 2.61. The van der Waals surface area contributed by atoms with Crippen molar-refractivity contribution in [2.45, 2.75) is 6.61 Å². The number of rotatable bonds is 4. The standard InChI is InChI=1S/C19H14O4/c20-17-11-18(15-9-5-2-6-10-15)22-13-16(17)19(21)23-12-14-7-3-1-4-8-14/h1-11,13H,12H2. The summed E-state index contributed by atoms with van der Waals surface area (Å²) in [4.78, 5) is 24.1. The van der Waals surface area contributed by atoms with E-state index in [1.54, 1.807) is 0 Å². The van der Waals surface area contributed by atoms with Gasteiger partial charge in [0.1, 0.15) is 24.2 Å². The minimum atomic E-state index is -0.692. The Labute approximate surface area is 133 Å². The molecule has 3 rings (SSSR count). The largest absolute Gasteiger partial charge is 0.463 e. The third-order valence-corrected chi connectivity index (χ3v) is 3.32. The van der Waals surface area contributed by atoms with Crippen LogP contribution in [0.3, 0.4) is 0 Å². The van der Waals surface area contributed by atoms with E-state index in [4.69, 9.17) is 9.15 Å². The molecule has 23 heavy (non-hydrogen) atoms. The molecule has 0 saturated carbocycles. The second-order valence-electron chi connectivity index (χ2n) is 4.95. The van der Waals surface area contributed by atoms with Gasteiger partial charge in [0.05, 0.1) is 0 Å². The Morgan fingerprint density at radius 1 is 0.957 bits per heavy atom. The van der Waals surface area contributed by atoms with Crippen LogP contribution in [0.25, 0.3) is 11.3 Å². The predicted octanol–water partition coefficient (Wildman–Crippen LogP) is 3.66. The molecule has 0 atom stereocenters.